The van der Waals surface area contributed by atoms with Crippen LogP contribution >= 0.6 is 70.5 Å². The second-order valence-electron chi connectivity index (χ2n) is 3.61. The van der Waals surface area contributed by atoms with Crippen molar-refractivity contribution in [3.63, 3.8) is 0 Å². The van der Waals surface area contributed by atoms with Crippen LogP contribution in [0, 0.1) is 0 Å². The number of rotatable bonds is 1. The van der Waals surface area contributed by atoms with Crippen molar-refractivity contribution < 1.29 is 9.53 Å². The summed E-state index contributed by atoms with van der Waals surface area (Å²) in [6.45, 7) is 2.00. The Bertz CT molecular complexity index is 483. The molecule has 0 atom stereocenters. The van der Waals surface area contributed by atoms with Crippen LogP contribution in [0.5, 0.6) is 0 Å². The fraction of sp³-hybridized carbons (Fsp3) is 0.308. The summed E-state index contributed by atoms with van der Waals surface area (Å²) < 4.78 is 8.13. The molecular formula is C13H13Br3O2S2. The maximum absolute atomic E-state index is 10.1. The van der Waals surface area contributed by atoms with E-state index < -0.39 is 0 Å². The van der Waals surface area contributed by atoms with Crippen molar-refractivity contribution in [1.29, 1.82) is 0 Å². The molecule has 0 unspecified atom stereocenters. The SMILES string of the molecule is Brc1ccsc1Br.C1CCOC1.O=Cc1sccc1Br. The predicted molar refractivity (Wildman–Crippen MR) is 97.2 cm³/mol. The van der Waals surface area contributed by atoms with E-state index >= 15 is 0 Å². The number of hydrogen-bond donors (Lipinski definition) is 0. The summed E-state index contributed by atoms with van der Waals surface area (Å²) in [5.74, 6) is 0. The van der Waals surface area contributed by atoms with Crippen molar-refractivity contribution in [2.75, 3.05) is 13.2 Å². The number of aldehydes is 1. The topological polar surface area (TPSA) is 26.3 Å². The predicted octanol–water partition coefficient (Wildman–Crippen LogP) is 6.39. The van der Waals surface area contributed by atoms with Crippen LogP contribution in [0.25, 0.3) is 0 Å². The van der Waals surface area contributed by atoms with Gasteiger partial charge in [-0.2, -0.15) is 0 Å². The van der Waals surface area contributed by atoms with E-state index in [1.165, 1.54) is 24.2 Å². The van der Waals surface area contributed by atoms with Gasteiger partial charge >= 0.3 is 0 Å². The lowest BCUT2D eigenvalue weighted by atomic mass is 10.4. The molecule has 20 heavy (non-hydrogen) atoms. The van der Waals surface area contributed by atoms with E-state index in [2.05, 4.69) is 47.8 Å². The molecule has 0 bridgehead atoms. The minimum atomic E-state index is 0.755. The van der Waals surface area contributed by atoms with E-state index in [0.29, 0.717) is 0 Å². The highest BCUT2D eigenvalue weighted by atomic mass is 79.9. The van der Waals surface area contributed by atoms with Gasteiger partial charge in [0.05, 0.1) is 8.66 Å². The van der Waals surface area contributed by atoms with Crippen LogP contribution < -0.4 is 0 Å². The van der Waals surface area contributed by atoms with E-state index in [1.807, 2.05) is 22.9 Å². The fourth-order valence-electron chi connectivity index (χ4n) is 1.18. The number of carbonyl (C=O) groups is 1. The van der Waals surface area contributed by atoms with Gasteiger partial charge in [0.25, 0.3) is 0 Å². The zero-order valence-electron chi connectivity index (χ0n) is 10.5. The molecule has 1 aliphatic rings. The first kappa shape index (κ1) is 18.5. The molecule has 0 aromatic carbocycles. The van der Waals surface area contributed by atoms with Crippen molar-refractivity contribution in [1.82, 2.24) is 0 Å². The first-order chi connectivity index (χ1) is 9.65. The summed E-state index contributed by atoms with van der Waals surface area (Å²) in [7, 11) is 0. The van der Waals surface area contributed by atoms with Crippen molar-refractivity contribution in [3.05, 3.63) is 40.5 Å². The lowest BCUT2D eigenvalue weighted by Crippen LogP contribution is -1.74. The van der Waals surface area contributed by atoms with Gasteiger partial charge < -0.3 is 4.74 Å². The largest absolute Gasteiger partial charge is 0.381 e. The van der Waals surface area contributed by atoms with E-state index in [1.54, 1.807) is 11.3 Å². The highest BCUT2D eigenvalue weighted by molar-refractivity contribution is 9.13. The third-order valence-corrected chi connectivity index (χ3v) is 7.09. The molecular weight excluding hydrogens is 492 g/mol. The number of halogens is 3. The van der Waals surface area contributed by atoms with Gasteiger partial charge in [0.1, 0.15) is 0 Å². The van der Waals surface area contributed by atoms with Crippen molar-refractivity contribution in [3.8, 4) is 0 Å². The molecule has 3 rings (SSSR count). The molecule has 3 heterocycles. The summed E-state index contributed by atoms with van der Waals surface area (Å²) >= 11 is 13.0. The average molecular weight is 505 g/mol. The van der Waals surface area contributed by atoms with Gasteiger partial charge in [0.15, 0.2) is 6.29 Å². The average Bonchev–Trinajstić information content (AvgIpc) is 3.17. The van der Waals surface area contributed by atoms with E-state index in [9.17, 15) is 4.79 Å². The molecule has 7 heteroatoms. The van der Waals surface area contributed by atoms with Crippen LogP contribution in [0.1, 0.15) is 22.5 Å². The Balaban J connectivity index is 0.000000154. The summed E-state index contributed by atoms with van der Waals surface area (Å²) in [6.07, 6.45) is 3.40. The van der Waals surface area contributed by atoms with Gasteiger partial charge in [-0.3, -0.25) is 4.79 Å². The van der Waals surface area contributed by atoms with Gasteiger partial charge in [-0.05, 0) is 83.5 Å². The molecule has 0 aliphatic carbocycles. The van der Waals surface area contributed by atoms with Gasteiger partial charge in [0, 0.05) is 22.2 Å². The molecule has 0 saturated carbocycles. The molecule has 110 valence electrons. The zero-order chi connectivity index (χ0) is 14.8. The van der Waals surface area contributed by atoms with Crippen LogP contribution in [0.2, 0.25) is 0 Å². The van der Waals surface area contributed by atoms with E-state index in [-0.39, 0.29) is 0 Å². The Morgan fingerprint density at radius 2 is 1.60 bits per heavy atom. The lowest BCUT2D eigenvalue weighted by molar-refractivity contribution is 0.112. The Morgan fingerprint density at radius 3 is 1.80 bits per heavy atom. The first-order valence-electron chi connectivity index (χ1n) is 5.79. The molecule has 2 aromatic rings. The van der Waals surface area contributed by atoms with E-state index in [0.717, 1.165) is 37.1 Å². The first-order valence-corrected chi connectivity index (χ1v) is 9.93. The van der Waals surface area contributed by atoms with Crippen LogP contribution in [0.15, 0.2) is 35.6 Å². The second-order valence-corrected chi connectivity index (χ2v) is 8.50. The maximum atomic E-state index is 10.1. The van der Waals surface area contributed by atoms with Crippen molar-refractivity contribution in [2.24, 2.45) is 0 Å². The third-order valence-electron chi connectivity index (χ3n) is 2.15. The summed E-state index contributed by atoms with van der Waals surface area (Å²) in [5.41, 5.74) is 0. The van der Waals surface area contributed by atoms with Gasteiger partial charge in [0.2, 0.25) is 0 Å². The van der Waals surface area contributed by atoms with Crippen molar-refractivity contribution >= 4 is 76.7 Å². The zero-order valence-corrected chi connectivity index (χ0v) is 16.9. The molecule has 1 saturated heterocycles. The molecule has 1 fully saturated rings. The molecule has 0 amide bonds. The van der Waals surface area contributed by atoms with Crippen molar-refractivity contribution in [2.45, 2.75) is 12.8 Å². The van der Waals surface area contributed by atoms with E-state index in [4.69, 9.17) is 4.74 Å². The highest BCUT2D eigenvalue weighted by Crippen LogP contribution is 2.27. The van der Waals surface area contributed by atoms with Crippen LogP contribution in [0.4, 0.5) is 0 Å². The monoisotopic (exact) mass is 502 g/mol. The number of carbonyl (C=O) groups excluding carboxylic acids is 1. The summed E-state index contributed by atoms with van der Waals surface area (Å²) in [6, 6.07) is 3.86. The Kier molecular flexibility index (Phi) is 10.3. The van der Waals surface area contributed by atoms with Crippen LogP contribution in [0.3, 0.4) is 0 Å². The molecule has 0 spiro atoms. The summed E-state index contributed by atoms with van der Waals surface area (Å²) in [4.78, 5) is 10.8. The minimum Gasteiger partial charge on any atom is -0.381 e. The molecule has 0 radical (unpaired) electrons. The second kappa shape index (κ2) is 11.1. The van der Waals surface area contributed by atoms with Crippen LogP contribution in [-0.4, -0.2) is 19.5 Å². The quantitative estimate of drug-likeness (QED) is 0.420. The summed E-state index contributed by atoms with van der Waals surface area (Å²) in [5, 5.41) is 3.89. The molecule has 2 nitrogen and oxygen atoms in total. The fourth-order valence-corrected chi connectivity index (χ4v) is 3.99. The standard InChI is InChI=1S/C5H3BrOS.C4H2Br2S.C4H8O/c6-4-1-2-8-5(4)3-7;5-3-1-2-7-4(3)6;1-2-4-5-3-1/h1-3H;1-2H;1-4H2. The smallest absolute Gasteiger partial charge is 0.161 e. The van der Waals surface area contributed by atoms with Gasteiger partial charge in [-0.25, -0.2) is 0 Å². The minimum absolute atomic E-state index is 0.755. The Hall–Kier alpha value is 0.470. The number of hydrogen-bond acceptors (Lipinski definition) is 4. The lowest BCUT2D eigenvalue weighted by Gasteiger charge is -1.76. The molecule has 1 aliphatic heterocycles. The normalized spacial score (nSPS) is 12.9. The van der Waals surface area contributed by atoms with Crippen LogP contribution in [-0.2, 0) is 4.74 Å². The Labute approximate surface area is 151 Å². The maximum Gasteiger partial charge on any atom is 0.161 e. The van der Waals surface area contributed by atoms with Gasteiger partial charge in [-0.15, -0.1) is 22.7 Å². The number of ether oxygens (including phenoxy) is 1. The van der Waals surface area contributed by atoms with Gasteiger partial charge in [-0.1, -0.05) is 0 Å². The number of thiophene rings is 2. The molecule has 0 N–H and O–H groups in total. The molecule has 2 aromatic heterocycles. The highest BCUT2D eigenvalue weighted by Gasteiger charge is 1.95. The Morgan fingerprint density at radius 1 is 1.00 bits per heavy atom. The third kappa shape index (κ3) is 7.47.